The SMILES string of the molecule is C1=CC2(CC[C@@H]3C[C@H]13)OCCO2. The molecule has 0 N–H and O–H groups in total. The van der Waals surface area contributed by atoms with Crippen LogP contribution in [0.5, 0.6) is 0 Å². The minimum atomic E-state index is -0.312. The molecule has 2 heteroatoms. The fourth-order valence-corrected chi connectivity index (χ4v) is 2.29. The van der Waals surface area contributed by atoms with E-state index < -0.39 is 0 Å². The Balaban J connectivity index is 1.81. The molecule has 2 atom stereocenters. The summed E-state index contributed by atoms with van der Waals surface area (Å²) in [6.07, 6.45) is 8.18. The zero-order valence-corrected chi connectivity index (χ0v) is 7.16. The number of rotatable bonds is 0. The number of fused-ring (bicyclic) bond motifs is 1. The lowest BCUT2D eigenvalue weighted by molar-refractivity contribution is -0.122. The van der Waals surface area contributed by atoms with E-state index in [-0.39, 0.29) is 5.79 Å². The standard InChI is InChI=1S/C10H14O2/c1-3-10(11-5-6-12-10)4-2-9-7-8(1)9/h1,3,8-9H,2,4-7H2/t8-,9+/m0/s1. The van der Waals surface area contributed by atoms with Crippen molar-refractivity contribution in [3.8, 4) is 0 Å². The Morgan fingerprint density at radius 3 is 2.92 bits per heavy atom. The van der Waals surface area contributed by atoms with Crippen LogP contribution in [0.1, 0.15) is 19.3 Å². The summed E-state index contributed by atoms with van der Waals surface area (Å²) in [6, 6.07) is 0. The molecule has 3 aliphatic rings. The van der Waals surface area contributed by atoms with Crippen LogP contribution in [-0.4, -0.2) is 19.0 Å². The summed E-state index contributed by atoms with van der Waals surface area (Å²) in [5.41, 5.74) is 0. The van der Waals surface area contributed by atoms with Crippen molar-refractivity contribution in [1.82, 2.24) is 0 Å². The van der Waals surface area contributed by atoms with Gasteiger partial charge in [-0.1, -0.05) is 6.08 Å². The number of hydrogen-bond donors (Lipinski definition) is 0. The first-order chi connectivity index (χ1) is 5.88. The Morgan fingerprint density at radius 2 is 2.08 bits per heavy atom. The molecule has 0 radical (unpaired) electrons. The smallest absolute Gasteiger partial charge is 0.187 e. The molecule has 0 bridgehead atoms. The molecule has 2 fully saturated rings. The maximum atomic E-state index is 5.62. The highest BCUT2D eigenvalue weighted by molar-refractivity contribution is 5.11. The Labute approximate surface area is 72.5 Å². The summed E-state index contributed by atoms with van der Waals surface area (Å²) in [7, 11) is 0. The van der Waals surface area contributed by atoms with Gasteiger partial charge in [0.15, 0.2) is 5.79 Å². The van der Waals surface area contributed by atoms with Crippen molar-refractivity contribution in [2.24, 2.45) is 11.8 Å². The summed E-state index contributed by atoms with van der Waals surface area (Å²) in [5.74, 6) is 1.47. The van der Waals surface area contributed by atoms with Gasteiger partial charge in [-0.05, 0) is 30.8 Å². The van der Waals surface area contributed by atoms with Crippen molar-refractivity contribution in [3.05, 3.63) is 12.2 Å². The molecule has 1 saturated carbocycles. The zero-order valence-electron chi connectivity index (χ0n) is 7.16. The van der Waals surface area contributed by atoms with Gasteiger partial charge in [-0.3, -0.25) is 0 Å². The average molecular weight is 166 g/mol. The van der Waals surface area contributed by atoms with Crippen LogP contribution in [0, 0.1) is 11.8 Å². The molecule has 1 aliphatic heterocycles. The molecular weight excluding hydrogens is 152 g/mol. The molecule has 12 heavy (non-hydrogen) atoms. The molecule has 2 aliphatic carbocycles. The fraction of sp³-hybridized carbons (Fsp3) is 0.800. The van der Waals surface area contributed by atoms with E-state index in [1.807, 2.05) is 0 Å². The van der Waals surface area contributed by atoms with Gasteiger partial charge in [0.25, 0.3) is 0 Å². The first kappa shape index (κ1) is 7.10. The first-order valence-corrected chi connectivity index (χ1v) is 4.85. The van der Waals surface area contributed by atoms with E-state index in [1.165, 1.54) is 12.8 Å². The molecule has 0 aromatic heterocycles. The summed E-state index contributed by atoms with van der Waals surface area (Å²) in [5, 5.41) is 0. The Hall–Kier alpha value is -0.340. The van der Waals surface area contributed by atoms with Crippen molar-refractivity contribution in [1.29, 1.82) is 0 Å². The van der Waals surface area contributed by atoms with Crippen LogP contribution >= 0.6 is 0 Å². The van der Waals surface area contributed by atoms with Gasteiger partial charge in [0.1, 0.15) is 0 Å². The van der Waals surface area contributed by atoms with Crippen LogP contribution in [0.25, 0.3) is 0 Å². The molecule has 0 aromatic carbocycles. The summed E-state index contributed by atoms with van der Waals surface area (Å²) in [6.45, 7) is 1.53. The van der Waals surface area contributed by atoms with Crippen LogP contribution in [0.15, 0.2) is 12.2 Å². The summed E-state index contributed by atoms with van der Waals surface area (Å²) < 4.78 is 11.2. The second-order valence-corrected chi connectivity index (χ2v) is 4.07. The Kier molecular flexibility index (Phi) is 1.38. The fourth-order valence-electron chi connectivity index (χ4n) is 2.29. The van der Waals surface area contributed by atoms with Crippen LogP contribution in [0.2, 0.25) is 0 Å². The van der Waals surface area contributed by atoms with E-state index in [1.54, 1.807) is 0 Å². The number of hydrogen-bond acceptors (Lipinski definition) is 2. The molecule has 2 nitrogen and oxygen atoms in total. The van der Waals surface area contributed by atoms with Gasteiger partial charge < -0.3 is 9.47 Å². The van der Waals surface area contributed by atoms with Crippen molar-refractivity contribution < 1.29 is 9.47 Å². The van der Waals surface area contributed by atoms with Crippen LogP contribution in [0.4, 0.5) is 0 Å². The molecule has 0 unspecified atom stereocenters. The second-order valence-electron chi connectivity index (χ2n) is 4.07. The van der Waals surface area contributed by atoms with E-state index in [9.17, 15) is 0 Å². The van der Waals surface area contributed by atoms with Gasteiger partial charge in [0, 0.05) is 6.42 Å². The normalized spacial score (nSPS) is 42.7. The van der Waals surface area contributed by atoms with Crippen molar-refractivity contribution >= 4 is 0 Å². The van der Waals surface area contributed by atoms with Gasteiger partial charge in [-0.2, -0.15) is 0 Å². The number of allylic oxidation sites excluding steroid dienone is 1. The Bertz CT molecular complexity index is 216. The quantitative estimate of drug-likeness (QED) is 0.510. The van der Waals surface area contributed by atoms with Crippen LogP contribution in [-0.2, 0) is 9.47 Å². The monoisotopic (exact) mass is 166 g/mol. The molecule has 0 amide bonds. The highest BCUT2D eigenvalue weighted by Gasteiger charge is 2.43. The average Bonchev–Trinajstić information content (AvgIpc) is 2.70. The summed E-state index contributed by atoms with van der Waals surface area (Å²) >= 11 is 0. The van der Waals surface area contributed by atoms with Gasteiger partial charge >= 0.3 is 0 Å². The predicted octanol–water partition coefficient (Wildman–Crippen LogP) is 1.72. The molecule has 66 valence electrons. The van der Waals surface area contributed by atoms with E-state index >= 15 is 0 Å². The lowest BCUT2D eigenvalue weighted by Crippen LogP contribution is -2.26. The van der Waals surface area contributed by atoms with Crippen molar-refractivity contribution in [2.75, 3.05) is 13.2 Å². The number of ether oxygens (including phenoxy) is 2. The summed E-state index contributed by atoms with van der Waals surface area (Å²) in [4.78, 5) is 0. The van der Waals surface area contributed by atoms with Gasteiger partial charge in [-0.25, -0.2) is 0 Å². The molecule has 1 saturated heterocycles. The van der Waals surface area contributed by atoms with Crippen molar-refractivity contribution in [3.63, 3.8) is 0 Å². The zero-order chi connectivity index (χ0) is 8.02. The topological polar surface area (TPSA) is 18.5 Å². The highest BCUT2D eigenvalue weighted by atomic mass is 16.7. The minimum Gasteiger partial charge on any atom is -0.344 e. The molecule has 1 spiro atoms. The lowest BCUT2D eigenvalue weighted by Gasteiger charge is -2.22. The maximum Gasteiger partial charge on any atom is 0.187 e. The van der Waals surface area contributed by atoms with Crippen LogP contribution < -0.4 is 0 Å². The molecular formula is C10H14O2. The third-order valence-electron chi connectivity index (χ3n) is 3.21. The highest BCUT2D eigenvalue weighted by Crippen LogP contribution is 2.48. The first-order valence-electron chi connectivity index (χ1n) is 4.85. The Morgan fingerprint density at radius 1 is 1.25 bits per heavy atom. The van der Waals surface area contributed by atoms with Gasteiger partial charge in [0.05, 0.1) is 13.2 Å². The van der Waals surface area contributed by atoms with Gasteiger partial charge in [-0.15, -0.1) is 0 Å². The molecule has 1 heterocycles. The second kappa shape index (κ2) is 2.33. The van der Waals surface area contributed by atoms with Crippen molar-refractivity contribution in [2.45, 2.75) is 25.0 Å². The lowest BCUT2D eigenvalue weighted by atomic mass is 10.1. The van der Waals surface area contributed by atoms with E-state index in [0.717, 1.165) is 31.5 Å². The van der Waals surface area contributed by atoms with E-state index in [2.05, 4.69) is 12.2 Å². The third kappa shape index (κ3) is 1.02. The largest absolute Gasteiger partial charge is 0.344 e. The van der Waals surface area contributed by atoms with Gasteiger partial charge in [0.2, 0.25) is 0 Å². The molecule has 0 aromatic rings. The van der Waals surface area contributed by atoms with Crippen LogP contribution in [0.3, 0.4) is 0 Å². The minimum absolute atomic E-state index is 0.312. The maximum absolute atomic E-state index is 5.62. The molecule has 3 rings (SSSR count). The third-order valence-corrected chi connectivity index (χ3v) is 3.21. The van der Waals surface area contributed by atoms with E-state index in [0.29, 0.717) is 0 Å². The predicted molar refractivity (Wildman–Crippen MR) is 44.6 cm³/mol. The van der Waals surface area contributed by atoms with E-state index in [4.69, 9.17) is 9.47 Å².